The average Bonchev–Trinajstić information content (AvgIpc) is 3.18. The van der Waals surface area contributed by atoms with E-state index in [1.54, 1.807) is 6.08 Å². The van der Waals surface area contributed by atoms with Crippen LogP contribution in [0.1, 0.15) is 37.4 Å². The molecule has 6 rings (SSSR count). The van der Waals surface area contributed by atoms with Gasteiger partial charge in [-0.3, -0.25) is 0 Å². The number of hydrogen-bond donors (Lipinski definition) is 2. The van der Waals surface area contributed by atoms with Crippen molar-refractivity contribution in [2.24, 2.45) is 41.4 Å². The molecular weight excluding hydrogens is 404 g/mol. The summed E-state index contributed by atoms with van der Waals surface area (Å²) in [6.45, 7) is 0. The molecule has 2 unspecified atom stereocenters. The van der Waals surface area contributed by atoms with Gasteiger partial charge in [-0.25, -0.2) is 14.6 Å². The zero-order chi connectivity index (χ0) is 21.8. The van der Waals surface area contributed by atoms with Crippen LogP contribution in [0.15, 0.2) is 66.3 Å². The van der Waals surface area contributed by atoms with Crippen molar-refractivity contribution in [1.82, 2.24) is 0 Å². The zero-order valence-corrected chi connectivity index (χ0v) is 18.0. The zero-order valence-electron chi connectivity index (χ0n) is 18.0. The maximum Gasteiger partial charge on any atom is 0.331 e. The van der Waals surface area contributed by atoms with Crippen LogP contribution in [-0.2, 0) is 14.6 Å². The van der Waals surface area contributed by atoms with Crippen molar-refractivity contribution in [3.05, 3.63) is 71.8 Å². The largest absolute Gasteiger partial charge is 0.478 e. The van der Waals surface area contributed by atoms with E-state index in [-0.39, 0.29) is 24.0 Å². The molecule has 0 bridgehead atoms. The monoisotopic (exact) mass is 434 g/mol. The van der Waals surface area contributed by atoms with Gasteiger partial charge in [-0.2, -0.15) is 0 Å². The predicted octanol–water partition coefficient (Wildman–Crippen LogP) is 4.47. The quantitative estimate of drug-likeness (QED) is 0.510. The van der Waals surface area contributed by atoms with Gasteiger partial charge in [-0.1, -0.05) is 55.0 Å². The summed E-state index contributed by atoms with van der Waals surface area (Å²) >= 11 is 0. The molecular formula is C27H30O5. The number of rotatable bonds is 6. The van der Waals surface area contributed by atoms with Crippen molar-refractivity contribution < 1.29 is 24.8 Å². The second kappa shape index (κ2) is 7.98. The van der Waals surface area contributed by atoms with Crippen molar-refractivity contribution >= 4 is 5.97 Å². The van der Waals surface area contributed by atoms with Crippen LogP contribution in [-0.4, -0.2) is 28.4 Å². The van der Waals surface area contributed by atoms with Crippen LogP contribution < -0.4 is 0 Å². The van der Waals surface area contributed by atoms with Gasteiger partial charge >= 0.3 is 5.97 Å². The summed E-state index contributed by atoms with van der Waals surface area (Å²) in [4.78, 5) is 23.0. The van der Waals surface area contributed by atoms with Crippen LogP contribution in [0, 0.1) is 41.4 Å². The first-order valence-corrected chi connectivity index (χ1v) is 12.0. The topological polar surface area (TPSA) is 76.0 Å². The van der Waals surface area contributed by atoms with Crippen LogP contribution >= 0.6 is 0 Å². The molecule has 10 atom stereocenters. The van der Waals surface area contributed by atoms with Crippen molar-refractivity contribution in [1.29, 1.82) is 0 Å². The van der Waals surface area contributed by atoms with Crippen LogP contribution in [0.2, 0.25) is 0 Å². The molecule has 0 saturated heterocycles. The Hall–Kier alpha value is -2.21. The van der Waals surface area contributed by atoms with Gasteiger partial charge in [0.25, 0.3) is 0 Å². The number of aliphatic hydroxyl groups excluding tert-OH is 1. The first-order valence-electron chi connectivity index (χ1n) is 12.0. The molecule has 5 aliphatic rings. The van der Waals surface area contributed by atoms with Gasteiger partial charge in [0.05, 0.1) is 6.10 Å². The van der Waals surface area contributed by atoms with Crippen molar-refractivity contribution in [2.75, 3.05) is 0 Å². The third-order valence-corrected chi connectivity index (χ3v) is 8.75. The van der Waals surface area contributed by atoms with E-state index in [0.29, 0.717) is 35.2 Å². The maximum atomic E-state index is 11.7. The lowest BCUT2D eigenvalue weighted by Gasteiger charge is -2.54. The highest BCUT2D eigenvalue weighted by Gasteiger charge is 2.63. The Bertz CT molecular complexity index is 966. The highest BCUT2D eigenvalue weighted by Crippen LogP contribution is 2.67. The van der Waals surface area contributed by atoms with Crippen LogP contribution in [0.25, 0.3) is 0 Å². The van der Waals surface area contributed by atoms with E-state index in [4.69, 9.17) is 9.78 Å². The molecule has 2 saturated carbocycles. The van der Waals surface area contributed by atoms with Gasteiger partial charge in [0, 0.05) is 11.5 Å². The number of carboxylic acid groups (broad SMARTS) is 1. The fourth-order valence-corrected chi connectivity index (χ4v) is 7.43. The minimum absolute atomic E-state index is 0.00702. The Morgan fingerprint density at radius 3 is 2.56 bits per heavy atom. The van der Waals surface area contributed by atoms with Crippen LogP contribution in [0.4, 0.5) is 0 Å². The molecule has 0 radical (unpaired) electrons. The summed E-state index contributed by atoms with van der Waals surface area (Å²) in [6, 6.07) is 10.1. The van der Waals surface area contributed by atoms with Gasteiger partial charge in [0.2, 0.25) is 0 Å². The average molecular weight is 435 g/mol. The second-order valence-corrected chi connectivity index (χ2v) is 10.2. The van der Waals surface area contributed by atoms with Gasteiger partial charge < -0.3 is 10.2 Å². The summed E-state index contributed by atoms with van der Waals surface area (Å²) in [5, 5.41) is 20.2. The molecule has 1 aromatic carbocycles. The maximum absolute atomic E-state index is 11.7. The molecule has 0 spiro atoms. The van der Waals surface area contributed by atoms with Crippen molar-refractivity contribution in [2.45, 2.75) is 44.0 Å². The Balaban J connectivity index is 1.06. The molecule has 1 heterocycles. The van der Waals surface area contributed by atoms with Crippen LogP contribution in [0.5, 0.6) is 0 Å². The summed E-state index contributed by atoms with van der Waals surface area (Å²) in [5.41, 5.74) is 1.49. The third kappa shape index (κ3) is 3.21. The minimum Gasteiger partial charge on any atom is -0.478 e. The molecule has 1 aromatic rings. The van der Waals surface area contributed by atoms with Gasteiger partial charge in [-0.05, 0) is 72.5 Å². The van der Waals surface area contributed by atoms with E-state index in [1.165, 1.54) is 0 Å². The van der Waals surface area contributed by atoms with E-state index in [2.05, 4.69) is 24.3 Å². The number of benzene rings is 1. The molecule has 2 fully saturated rings. The van der Waals surface area contributed by atoms with E-state index < -0.39 is 12.1 Å². The van der Waals surface area contributed by atoms with Crippen molar-refractivity contribution in [3.8, 4) is 0 Å². The SMILES string of the molecule is O=C(O)C1=C[C@@H](O)[C@@H]2C[C@H]3[C@H](CCCC4C=CC(c5ccccc5)OO4)[C@H]4C=C[C@@H]1[C@@H]2[C@H]43. The van der Waals surface area contributed by atoms with Gasteiger partial charge in [0.15, 0.2) is 0 Å². The Morgan fingerprint density at radius 2 is 1.81 bits per heavy atom. The smallest absolute Gasteiger partial charge is 0.331 e. The summed E-state index contributed by atoms with van der Waals surface area (Å²) in [6.07, 6.45) is 13.6. The molecule has 0 amide bonds. The highest BCUT2D eigenvalue weighted by atomic mass is 17.2. The Kier molecular flexibility index (Phi) is 5.09. The van der Waals surface area contributed by atoms with Crippen molar-refractivity contribution in [3.63, 3.8) is 0 Å². The molecule has 1 aliphatic heterocycles. The minimum atomic E-state index is -0.882. The molecule has 32 heavy (non-hydrogen) atoms. The van der Waals surface area contributed by atoms with E-state index in [9.17, 15) is 15.0 Å². The highest BCUT2D eigenvalue weighted by molar-refractivity contribution is 5.88. The fourth-order valence-electron chi connectivity index (χ4n) is 7.43. The number of aliphatic hydroxyl groups is 1. The number of allylic oxidation sites excluding steroid dienone is 2. The van der Waals surface area contributed by atoms with Gasteiger partial charge in [0.1, 0.15) is 12.2 Å². The summed E-state index contributed by atoms with van der Waals surface area (Å²) in [7, 11) is 0. The lowest BCUT2D eigenvalue weighted by atomic mass is 9.50. The number of aliphatic carboxylic acids is 1. The first kappa shape index (κ1) is 20.4. The number of carboxylic acids is 1. The predicted molar refractivity (Wildman–Crippen MR) is 118 cm³/mol. The third-order valence-electron chi connectivity index (χ3n) is 8.75. The van der Waals surface area contributed by atoms with E-state index >= 15 is 0 Å². The Labute approximate surface area is 188 Å². The summed E-state index contributed by atoms with van der Waals surface area (Å²) in [5.74, 6) is 1.92. The molecule has 5 heteroatoms. The van der Waals surface area contributed by atoms with E-state index in [0.717, 1.165) is 31.2 Å². The van der Waals surface area contributed by atoms with Crippen LogP contribution in [0.3, 0.4) is 0 Å². The molecule has 5 nitrogen and oxygen atoms in total. The second-order valence-electron chi connectivity index (χ2n) is 10.2. The lowest BCUT2D eigenvalue weighted by Crippen LogP contribution is -2.50. The normalized spacial score (nSPS) is 43.3. The summed E-state index contributed by atoms with van der Waals surface area (Å²) < 4.78 is 0. The van der Waals surface area contributed by atoms with Gasteiger partial charge in [-0.15, -0.1) is 0 Å². The number of hydrogen-bond acceptors (Lipinski definition) is 4. The molecule has 168 valence electrons. The number of carbonyl (C=O) groups is 1. The van der Waals surface area contributed by atoms with E-state index in [1.807, 2.05) is 30.3 Å². The Morgan fingerprint density at radius 1 is 0.969 bits per heavy atom. The fraction of sp³-hybridized carbons (Fsp3) is 0.519. The standard InChI is InChI=1S/C27H30O5/c28-23-14-21(27(29)30)19-11-10-18-17(20-13-22(23)26(19)25(18)20)8-4-7-16-9-12-24(32-31-16)15-5-2-1-3-6-15/h1-3,5-6,9-12,14,16-20,22-26,28H,4,7-8,13H2,(H,29,30)/t16?,17-,18-,19+,20+,22+,23-,24?,25-,26+/m1/s1. The molecule has 2 N–H and O–H groups in total. The molecule has 4 aliphatic carbocycles. The first-order chi connectivity index (χ1) is 15.6. The lowest BCUT2D eigenvalue weighted by molar-refractivity contribution is -0.343. The molecule has 0 aromatic heterocycles.